The molecule has 0 saturated heterocycles. The quantitative estimate of drug-likeness (QED) is 0.683. The number of fused-ring (bicyclic) bond motifs is 1. The number of nitrogens with one attached hydrogen (secondary N) is 1. The molecule has 0 radical (unpaired) electrons. The Morgan fingerprint density at radius 1 is 1.44 bits per heavy atom. The van der Waals surface area contributed by atoms with Crippen LogP contribution in [-0.2, 0) is 0 Å². The minimum atomic E-state index is -0.0172. The third-order valence-corrected chi connectivity index (χ3v) is 2.50. The van der Waals surface area contributed by atoms with Crippen molar-refractivity contribution in [1.29, 1.82) is 0 Å². The van der Waals surface area contributed by atoms with Gasteiger partial charge < -0.3 is 16.2 Å². The first-order valence-electron chi connectivity index (χ1n) is 5.23. The zero-order chi connectivity index (χ0) is 11.5. The van der Waals surface area contributed by atoms with Crippen LogP contribution >= 0.6 is 0 Å². The second kappa shape index (κ2) is 4.37. The predicted octanol–water partition coefficient (Wildman–Crippen LogP) is 1.61. The molecule has 0 saturated carbocycles. The molecule has 0 amide bonds. The first kappa shape index (κ1) is 10.7. The molecule has 4 nitrogen and oxygen atoms in total. The summed E-state index contributed by atoms with van der Waals surface area (Å²) in [6.07, 6.45) is 1.74. The lowest BCUT2D eigenvalue weighted by atomic mass is 10.1. The molecule has 0 spiro atoms. The monoisotopic (exact) mass is 217 g/mol. The molecule has 4 heteroatoms. The zero-order valence-electron chi connectivity index (χ0n) is 9.14. The fourth-order valence-corrected chi connectivity index (χ4v) is 1.61. The van der Waals surface area contributed by atoms with E-state index in [0.717, 1.165) is 16.6 Å². The number of aliphatic hydroxyl groups is 1. The van der Waals surface area contributed by atoms with Crippen LogP contribution in [0.25, 0.3) is 10.9 Å². The van der Waals surface area contributed by atoms with Crippen LogP contribution in [0.1, 0.15) is 6.92 Å². The van der Waals surface area contributed by atoms with Gasteiger partial charge >= 0.3 is 0 Å². The van der Waals surface area contributed by atoms with Gasteiger partial charge in [-0.05, 0) is 31.2 Å². The number of benzene rings is 1. The van der Waals surface area contributed by atoms with Crippen molar-refractivity contribution < 1.29 is 5.11 Å². The van der Waals surface area contributed by atoms with E-state index in [1.54, 1.807) is 6.20 Å². The molecule has 1 atom stereocenters. The van der Waals surface area contributed by atoms with Crippen LogP contribution < -0.4 is 11.1 Å². The number of aliphatic hydroxyl groups excluding tert-OH is 1. The van der Waals surface area contributed by atoms with Crippen molar-refractivity contribution in [2.75, 3.05) is 17.7 Å². The number of nitrogen functional groups attached to an aromatic ring is 1. The molecule has 0 aliphatic rings. The first-order valence-corrected chi connectivity index (χ1v) is 5.23. The van der Waals surface area contributed by atoms with Crippen LogP contribution in [0.15, 0.2) is 30.5 Å². The lowest BCUT2D eigenvalue weighted by molar-refractivity contribution is 0.281. The molecular weight excluding hydrogens is 202 g/mol. The Hall–Kier alpha value is -1.81. The maximum absolute atomic E-state index is 8.98. The van der Waals surface area contributed by atoms with Gasteiger partial charge in [0.25, 0.3) is 0 Å². The SMILES string of the molecule is CC(CO)Nc1ccc2ncccc2c1N. The summed E-state index contributed by atoms with van der Waals surface area (Å²) in [6, 6.07) is 7.58. The molecule has 4 N–H and O–H groups in total. The van der Waals surface area contributed by atoms with Crippen molar-refractivity contribution in [3.8, 4) is 0 Å². The molecule has 1 unspecified atom stereocenters. The van der Waals surface area contributed by atoms with Crippen molar-refractivity contribution in [2.45, 2.75) is 13.0 Å². The highest BCUT2D eigenvalue weighted by atomic mass is 16.3. The van der Waals surface area contributed by atoms with E-state index < -0.39 is 0 Å². The Morgan fingerprint density at radius 2 is 2.25 bits per heavy atom. The Labute approximate surface area is 94.1 Å². The van der Waals surface area contributed by atoms with Gasteiger partial charge in [-0.1, -0.05) is 0 Å². The highest BCUT2D eigenvalue weighted by molar-refractivity contribution is 5.96. The average molecular weight is 217 g/mol. The summed E-state index contributed by atoms with van der Waals surface area (Å²) >= 11 is 0. The van der Waals surface area contributed by atoms with Crippen LogP contribution in [0.4, 0.5) is 11.4 Å². The van der Waals surface area contributed by atoms with E-state index in [4.69, 9.17) is 10.8 Å². The lowest BCUT2D eigenvalue weighted by Gasteiger charge is -2.15. The van der Waals surface area contributed by atoms with Gasteiger partial charge in [-0.3, -0.25) is 4.98 Å². The fraction of sp³-hybridized carbons (Fsp3) is 0.250. The summed E-state index contributed by atoms with van der Waals surface area (Å²) in [7, 11) is 0. The number of pyridine rings is 1. The maximum Gasteiger partial charge on any atom is 0.0724 e. The van der Waals surface area contributed by atoms with E-state index >= 15 is 0 Å². The Bertz CT molecular complexity index is 499. The van der Waals surface area contributed by atoms with Crippen molar-refractivity contribution in [1.82, 2.24) is 4.98 Å². The Balaban J connectivity index is 2.44. The average Bonchev–Trinajstić information content (AvgIpc) is 2.33. The predicted molar refractivity (Wildman–Crippen MR) is 66.3 cm³/mol. The lowest BCUT2D eigenvalue weighted by Crippen LogP contribution is -2.20. The summed E-state index contributed by atoms with van der Waals surface area (Å²) in [5.41, 5.74) is 8.42. The van der Waals surface area contributed by atoms with Crippen molar-refractivity contribution in [3.63, 3.8) is 0 Å². The minimum absolute atomic E-state index is 0.0172. The number of anilines is 2. The minimum Gasteiger partial charge on any atom is -0.397 e. The van der Waals surface area contributed by atoms with Gasteiger partial charge in [0, 0.05) is 17.6 Å². The number of aromatic nitrogens is 1. The van der Waals surface area contributed by atoms with E-state index in [-0.39, 0.29) is 12.6 Å². The van der Waals surface area contributed by atoms with Gasteiger partial charge in [0.2, 0.25) is 0 Å². The van der Waals surface area contributed by atoms with Crippen molar-refractivity contribution in [3.05, 3.63) is 30.5 Å². The third kappa shape index (κ3) is 1.92. The summed E-state index contributed by atoms with van der Waals surface area (Å²) in [5, 5.41) is 13.1. The fourth-order valence-electron chi connectivity index (χ4n) is 1.61. The highest BCUT2D eigenvalue weighted by Crippen LogP contribution is 2.27. The molecule has 1 aromatic heterocycles. The van der Waals surface area contributed by atoms with Crippen molar-refractivity contribution in [2.24, 2.45) is 0 Å². The molecule has 1 heterocycles. The molecule has 84 valence electrons. The van der Waals surface area contributed by atoms with Gasteiger partial charge in [-0.2, -0.15) is 0 Å². The standard InChI is InChI=1S/C12H15N3O/c1-8(7-16)15-11-5-4-10-9(12(11)13)3-2-6-14-10/h2-6,8,15-16H,7,13H2,1H3. The van der Waals surface area contributed by atoms with Crippen LogP contribution in [0.2, 0.25) is 0 Å². The van der Waals surface area contributed by atoms with E-state index in [0.29, 0.717) is 5.69 Å². The topological polar surface area (TPSA) is 71.2 Å². The van der Waals surface area contributed by atoms with E-state index in [1.165, 1.54) is 0 Å². The zero-order valence-corrected chi connectivity index (χ0v) is 9.14. The second-order valence-electron chi connectivity index (χ2n) is 3.82. The van der Waals surface area contributed by atoms with Gasteiger partial charge in [0.1, 0.15) is 0 Å². The molecule has 1 aromatic carbocycles. The summed E-state index contributed by atoms with van der Waals surface area (Å²) < 4.78 is 0. The molecule has 0 aliphatic carbocycles. The van der Waals surface area contributed by atoms with Crippen LogP contribution in [0.5, 0.6) is 0 Å². The molecule has 0 aliphatic heterocycles. The van der Waals surface area contributed by atoms with Gasteiger partial charge in [0.15, 0.2) is 0 Å². The summed E-state index contributed by atoms with van der Waals surface area (Å²) in [4.78, 5) is 4.23. The number of hydrogen-bond donors (Lipinski definition) is 3. The first-order chi connectivity index (χ1) is 7.72. The van der Waals surface area contributed by atoms with Crippen LogP contribution in [-0.4, -0.2) is 22.7 Å². The maximum atomic E-state index is 8.98. The normalized spacial score (nSPS) is 12.6. The third-order valence-electron chi connectivity index (χ3n) is 2.50. The second-order valence-corrected chi connectivity index (χ2v) is 3.82. The van der Waals surface area contributed by atoms with Crippen molar-refractivity contribution >= 4 is 22.3 Å². The van der Waals surface area contributed by atoms with Crippen LogP contribution in [0, 0.1) is 0 Å². The molecule has 2 aromatic rings. The number of nitrogens with two attached hydrogens (primary N) is 1. The molecular formula is C12H15N3O. The number of hydrogen-bond acceptors (Lipinski definition) is 4. The van der Waals surface area contributed by atoms with E-state index in [2.05, 4.69) is 10.3 Å². The summed E-state index contributed by atoms with van der Waals surface area (Å²) in [6.45, 7) is 1.97. The van der Waals surface area contributed by atoms with Gasteiger partial charge in [-0.15, -0.1) is 0 Å². The molecule has 16 heavy (non-hydrogen) atoms. The number of rotatable bonds is 3. The summed E-state index contributed by atoms with van der Waals surface area (Å²) in [5.74, 6) is 0. The molecule has 0 fully saturated rings. The largest absolute Gasteiger partial charge is 0.397 e. The molecule has 2 rings (SSSR count). The molecule has 0 bridgehead atoms. The van der Waals surface area contributed by atoms with Gasteiger partial charge in [-0.25, -0.2) is 0 Å². The Kier molecular flexibility index (Phi) is 2.92. The Morgan fingerprint density at radius 3 is 3.00 bits per heavy atom. The smallest absolute Gasteiger partial charge is 0.0724 e. The van der Waals surface area contributed by atoms with E-state index in [1.807, 2.05) is 31.2 Å². The van der Waals surface area contributed by atoms with Crippen LogP contribution in [0.3, 0.4) is 0 Å². The number of nitrogens with zero attached hydrogens (tertiary/aromatic N) is 1. The van der Waals surface area contributed by atoms with E-state index in [9.17, 15) is 0 Å². The highest BCUT2D eigenvalue weighted by Gasteiger charge is 2.06. The van der Waals surface area contributed by atoms with Gasteiger partial charge in [0.05, 0.1) is 23.5 Å².